The molecule has 2 heteroatoms. The van der Waals surface area contributed by atoms with E-state index in [2.05, 4.69) is 37.9 Å². The smallest absolute Gasteiger partial charge is 0.0252 e. The third kappa shape index (κ3) is 4.21. The summed E-state index contributed by atoms with van der Waals surface area (Å²) < 4.78 is 0. The van der Waals surface area contributed by atoms with Crippen molar-refractivity contribution in [3.63, 3.8) is 0 Å². The average Bonchev–Trinajstić information content (AvgIpc) is 2.44. The molecule has 0 spiro atoms. The van der Waals surface area contributed by atoms with E-state index in [0.29, 0.717) is 0 Å². The van der Waals surface area contributed by atoms with Gasteiger partial charge in [0.2, 0.25) is 0 Å². The highest BCUT2D eigenvalue weighted by Crippen LogP contribution is 2.34. The van der Waals surface area contributed by atoms with Crippen molar-refractivity contribution in [1.29, 1.82) is 0 Å². The Labute approximate surface area is 126 Å². The topological polar surface area (TPSA) is 15.3 Å². The van der Waals surface area contributed by atoms with Crippen LogP contribution in [-0.4, -0.2) is 36.6 Å². The molecule has 1 N–H and O–H groups in total. The van der Waals surface area contributed by atoms with E-state index in [1.165, 1.54) is 58.2 Å². The molecule has 20 heavy (non-hydrogen) atoms. The summed E-state index contributed by atoms with van der Waals surface area (Å²) >= 11 is 0. The summed E-state index contributed by atoms with van der Waals surface area (Å²) in [4.78, 5) is 2.83. The van der Waals surface area contributed by atoms with Gasteiger partial charge in [0.05, 0.1) is 0 Å². The van der Waals surface area contributed by atoms with E-state index in [1.54, 1.807) is 0 Å². The van der Waals surface area contributed by atoms with Crippen LogP contribution in [0.5, 0.6) is 0 Å². The molecule has 1 heterocycles. The summed E-state index contributed by atoms with van der Waals surface area (Å²) in [6, 6.07) is 1.54. The molecule has 118 valence electrons. The molecule has 0 aromatic carbocycles. The van der Waals surface area contributed by atoms with Gasteiger partial charge in [-0.25, -0.2) is 0 Å². The second kappa shape index (κ2) is 7.79. The lowest BCUT2D eigenvalue weighted by Crippen LogP contribution is -2.56. The highest BCUT2D eigenvalue weighted by atomic mass is 15.2. The van der Waals surface area contributed by atoms with Crippen LogP contribution in [0.1, 0.15) is 66.2 Å². The van der Waals surface area contributed by atoms with Gasteiger partial charge in [0, 0.05) is 18.6 Å². The van der Waals surface area contributed by atoms with Crippen LogP contribution in [0.3, 0.4) is 0 Å². The molecule has 1 aliphatic carbocycles. The van der Waals surface area contributed by atoms with Gasteiger partial charge in [0.1, 0.15) is 0 Å². The predicted molar refractivity (Wildman–Crippen MR) is 88.0 cm³/mol. The second-order valence-electron chi connectivity index (χ2n) is 7.69. The molecule has 4 atom stereocenters. The molecule has 2 rings (SSSR count). The molecule has 2 fully saturated rings. The van der Waals surface area contributed by atoms with E-state index in [1.807, 2.05) is 0 Å². The Balaban J connectivity index is 2.00. The maximum absolute atomic E-state index is 3.85. The van der Waals surface area contributed by atoms with Gasteiger partial charge < -0.3 is 5.32 Å². The first kappa shape index (κ1) is 16.3. The number of hydrogen-bond acceptors (Lipinski definition) is 2. The van der Waals surface area contributed by atoms with E-state index in [4.69, 9.17) is 0 Å². The lowest BCUT2D eigenvalue weighted by atomic mass is 9.75. The van der Waals surface area contributed by atoms with Crippen LogP contribution in [0.25, 0.3) is 0 Å². The van der Waals surface area contributed by atoms with Crippen molar-refractivity contribution in [2.75, 3.05) is 19.6 Å². The van der Waals surface area contributed by atoms with Crippen molar-refractivity contribution < 1.29 is 0 Å². The summed E-state index contributed by atoms with van der Waals surface area (Å²) in [5.41, 5.74) is 0. The molecule has 2 aliphatic rings. The van der Waals surface area contributed by atoms with Crippen molar-refractivity contribution in [2.24, 2.45) is 17.8 Å². The normalized spacial score (nSPS) is 36.5. The summed E-state index contributed by atoms with van der Waals surface area (Å²) in [6.45, 7) is 13.4. The van der Waals surface area contributed by atoms with Gasteiger partial charge >= 0.3 is 0 Å². The molecule has 2 nitrogen and oxygen atoms in total. The molecule has 4 unspecified atom stereocenters. The largest absolute Gasteiger partial charge is 0.312 e. The van der Waals surface area contributed by atoms with Crippen molar-refractivity contribution >= 4 is 0 Å². The Hall–Kier alpha value is -0.0800. The molecule has 0 radical (unpaired) electrons. The first-order chi connectivity index (χ1) is 9.61. The lowest BCUT2D eigenvalue weighted by Gasteiger charge is -2.46. The molecule has 1 saturated heterocycles. The molecular weight excluding hydrogens is 244 g/mol. The highest BCUT2D eigenvalue weighted by molar-refractivity contribution is 4.93. The Kier molecular flexibility index (Phi) is 6.35. The van der Waals surface area contributed by atoms with Crippen molar-refractivity contribution in [1.82, 2.24) is 10.2 Å². The van der Waals surface area contributed by atoms with Crippen LogP contribution in [-0.2, 0) is 0 Å². The summed E-state index contributed by atoms with van der Waals surface area (Å²) in [7, 11) is 0. The number of nitrogens with one attached hydrogen (secondary N) is 1. The zero-order valence-corrected chi connectivity index (χ0v) is 14.2. The maximum Gasteiger partial charge on any atom is 0.0252 e. The second-order valence-corrected chi connectivity index (χ2v) is 7.69. The van der Waals surface area contributed by atoms with E-state index < -0.39 is 0 Å². The Morgan fingerprint density at radius 3 is 2.65 bits per heavy atom. The van der Waals surface area contributed by atoms with Crippen LogP contribution in [0.15, 0.2) is 0 Å². The Bertz CT molecular complexity index is 277. The standard InChI is InChI=1S/C18H36N2/c1-5-10-19-17-9-8-16(14(2)3)12-18(17)20-11-6-7-15(4)13-20/h14-19H,5-13H2,1-4H3. The molecule has 0 aromatic heterocycles. The molecule has 1 aliphatic heterocycles. The minimum absolute atomic E-state index is 0.746. The van der Waals surface area contributed by atoms with Crippen molar-refractivity contribution in [2.45, 2.75) is 78.3 Å². The molecule has 0 aromatic rings. The zero-order valence-electron chi connectivity index (χ0n) is 14.2. The van der Waals surface area contributed by atoms with Crippen LogP contribution in [0.2, 0.25) is 0 Å². The van der Waals surface area contributed by atoms with Crippen molar-refractivity contribution in [3.8, 4) is 0 Å². The molecule has 1 saturated carbocycles. The van der Waals surface area contributed by atoms with Crippen LogP contribution < -0.4 is 5.32 Å². The SMILES string of the molecule is CCCNC1CCC(C(C)C)CC1N1CCCC(C)C1. The van der Waals surface area contributed by atoms with Crippen molar-refractivity contribution in [3.05, 3.63) is 0 Å². The minimum atomic E-state index is 0.746. The molecule has 0 bridgehead atoms. The van der Waals surface area contributed by atoms with E-state index in [-0.39, 0.29) is 0 Å². The van der Waals surface area contributed by atoms with Gasteiger partial charge in [-0.05, 0) is 69.4 Å². The van der Waals surface area contributed by atoms with E-state index in [9.17, 15) is 0 Å². The fourth-order valence-corrected chi connectivity index (χ4v) is 4.28. The minimum Gasteiger partial charge on any atom is -0.312 e. The number of likely N-dealkylation sites (tertiary alicyclic amines) is 1. The van der Waals surface area contributed by atoms with Crippen LogP contribution in [0.4, 0.5) is 0 Å². The summed E-state index contributed by atoms with van der Waals surface area (Å²) in [6.07, 6.45) is 8.34. The first-order valence-corrected chi connectivity index (χ1v) is 9.09. The monoisotopic (exact) mass is 280 g/mol. The van der Waals surface area contributed by atoms with Gasteiger partial charge in [0.15, 0.2) is 0 Å². The third-order valence-corrected chi connectivity index (χ3v) is 5.61. The zero-order chi connectivity index (χ0) is 14.5. The number of rotatable bonds is 5. The molecule has 0 amide bonds. The Morgan fingerprint density at radius 1 is 1.20 bits per heavy atom. The van der Waals surface area contributed by atoms with E-state index in [0.717, 1.165) is 29.8 Å². The average molecular weight is 280 g/mol. The van der Waals surface area contributed by atoms with E-state index >= 15 is 0 Å². The van der Waals surface area contributed by atoms with Crippen LogP contribution >= 0.6 is 0 Å². The summed E-state index contributed by atoms with van der Waals surface area (Å²) in [5.74, 6) is 2.69. The maximum atomic E-state index is 3.85. The van der Waals surface area contributed by atoms with Gasteiger partial charge in [-0.3, -0.25) is 4.90 Å². The summed E-state index contributed by atoms with van der Waals surface area (Å²) in [5, 5.41) is 3.85. The van der Waals surface area contributed by atoms with Gasteiger partial charge in [-0.2, -0.15) is 0 Å². The highest BCUT2D eigenvalue weighted by Gasteiger charge is 2.36. The van der Waals surface area contributed by atoms with Gasteiger partial charge in [-0.15, -0.1) is 0 Å². The van der Waals surface area contributed by atoms with Gasteiger partial charge in [-0.1, -0.05) is 27.7 Å². The number of hydrogen-bond donors (Lipinski definition) is 1. The quantitative estimate of drug-likeness (QED) is 0.821. The lowest BCUT2D eigenvalue weighted by molar-refractivity contribution is 0.0530. The fraction of sp³-hybridized carbons (Fsp3) is 1.00. The Morgan fingerprint density at radius 2 is 2.00 bits per heavy atom. The first-order valence-electron chi connectivity index (χ1n) is 9.09. The number of nitrogens with zero attached hydrogens (tertiary/aromatic N) is 1. The molecular formula is C18H36N2. The third-order valence-electron chi connectivity index (χ3n) is 5.61. The predicted octanol–water partition coefficient (Wildman–Crippen LogP) is 3.91. The van der Waals surface area contributed by atoms with Crippen LogP contribution in [0, 0.1) is 17.8 Å². The number of piperidine rings is 1. The fourth-order valence-electron chi connectivity index (χ4n) is 4.28. The van der Waals surface area contributed by atoms with Gasteiger partial charge in [0.25, 0.3) is 0 Å².